The molecule has 0 fully saturated rings. The highest BCUT2D eigenvalue weighted by atomic mass is 32.1. The number of thiazole rings is 1. The fourth-order valence-corrected chi connectivity index (χ4v) is 3.56. The highest BCUT2D eigenvalue weighted by Gasteiger charge is 2.21. The molecule has 0 aliphatic carbocycles. The third-order valence-corrected chi connectivity index (χ3v) is 4.94. The number of carbonyl (C=O) groups is 2. The van der Waals surface area contributed by atoms with Crippen LogP contribution in [0.2, 0.25) is 0 Å². The first-order valence-corrected chi connectivity index (χ1v) is 9.11. The number of aryl methyl sites for hydroxylation is 1. The first-order chi connectivity index (χ1) is 12.9. The zero-order valence-corrected chi connectivity index (χ0v) is 15.3. The number of amides is 1. The van der Waals surface area contributed by atoms with Crippen molar-refractivity contribution in [3.8, 4) is 10.6 Å². The third-order valence-electron chi connectivity index (χ3n) is 4.07. The Morgan fingerprint density at radius 3 is 2.56 bits per heavy atom. The van der Waals surface area contributed by atoms with Gasteiger partial charge in [0.1, 0.15) is 16.5 Å². The van der Waals surface area contributed by atoms with Gasteiger partial charge in [-0.15, -0.1) is 11.3 Å². The van der Waals surface area contributed by atoms with Crippen molar-refractivity contribution in [1.82, 2.24) is 10.3 Å². The van der Waals surface area contributed by atoms with E-state index < -0.39 is 23.7 Å². The van der Waals surface area contributed by atoms with Gasteiger partial charge in [0.15, 0.2) is 0 Å². The molecule has 0 bridgehead atoms. The third kappa shape index (κ3) is 4.57. The average molecular weight is 384 g/mol. The van der Waals surface area contributed by atoms with E-state index in [1.165, 1.54) is 35.6 Å². The second kappa shape index (κ2) is 8.09. The van der Waals surface area contributed by atoms with Crippen LogP contribution in [0.25, 0.3) is 10.6 Å². The maximum absolute atomic E-state index is 13.1. The average Bonchev–Trinajstić information content (AvgIpc) is 3.12. The lowest BCUT2D eigenvalue weighted by atomic mass is 10.0. The van der Waals surface area contributed by atoms with Crippen molar-refractivity contribution in [2.45, 2.75) is 19.4 Å². The fraction of sp³-hybridized carbons (Fsp3) is 0.150. The Balaban J connectivity index is 1.81. The van der Waals surface area contributed by atoms with Gasteiger partial charge in [-0.25, -0.2) is 9.37 Å². The van der Waals surface area contributed by atoms with Crippen LogP contribution in [-0.4, -0.2) is 22.0 Å². The van der Waals surface area contributed by atoms with Gasteiger partial charge in [0.2, 0.25) is 0 Å². The summed E-state index contributed by atoms with van der Waals surface area (Å²) >= 11 is 1.35. The first-order valence-electron chi connectivity index (χ1n) is 8.23. The number of aliphatic carboxylic acids is 1. The van der Waals surface area contributed by atoms with Crippen LogP contribution in [0, 0.1) is 12.7 Å². The quantitative estimate of drug-likeness (QED) is 0.667. The molecule has 3 rings (SSSR count). The van der Waals surface area contributed by atoms with E-state index in [9.17, 15) is 14.0 Å². The number of hydrogen-bond donors (Lipinski definition) is 2. The van der Waals surface area contributed by atoms with Crippen LogP contribution < -0.4 is 5.32 Å². The number of carboxylic acid groups (broad SMARTS) is 1. The maximum Gasteiger partial charge on any atom is 0.305 e. The second-order valence-corrected chi connectivity index (χ2v) is 6.89. The number of nitrogens with one attached hydrogen (secondary N) is 1. The monoisotopic (exact) mass is 384 g/mol. The number of hydrogen-bond acceptors (Lipinski definition) is 4. The van der Waals surface area contributed by atoms with E-state index in [-0.39, 0.29) is 12.1 Å². The summed E-state index contributed by atoms with van der Waals surface area (Å²) in [6.07, 6.45) is -0.313. The minimum Gasteiger partial charge on any atom is -0.481 e. The Morgan fingerprint density at radius 2 is 1.89 bits per heavy atom. The molecule has 1 aromatic heterocycles. The molecule has 0 aliphatic rings. The number of rotatable bonds is 6. The molecule has 1 atom stereocenters. The zero-order valence-electron chi connectivity index (χ0n) is 14.5. The number of carbonyl (C=O) groups excluding carboxylic acids is 1. The van der Waals surface area contributed by atoms with Crippen molar-refractivity contribution in [2.75, 3.05) is 0 Å². The minimum atomic E-state index is -1.07. The highest BCUT2D eigenvalue weighted by Crippen LogP contribution is 2.27. The van der Waals surface area contributed by atoms with E-state index in [2.05, 4.69) is 10.3 Å². The summed E-state index contributed by atoms with van der Waals surface area (Å²) in [5.41, 5.74) is 2.73. The second-order valence-electron chi connectivity index (χ2n) is 6.03. The smallest absolute Gasteiger partial charge is 0.305 e. The number of carboxylic acids is 1. The summed E-state index contributed by atoms with van der Waals surface area (Å²) < 4.78 is 13.1. The summed E-state index contributed by atoms with van der Waals surface area (Å²) in [4.78, 5) is 28.1. The number of halogens is 1. The molecule has 0 radical (unpaired) electrons. The Hall–Kier alpha value is -3.06. The molecule has 3 aromatic rings. The van der Waals surface area contributed by atoms with E-state index >= 15 is 0 Å². The largest absolute Gasteiger partial charge is 0.481 e. The predicted octanol–water partition coefficient (Wildman–Crippen LogP) is 4.20. The van der Waals surface area contributed by atoms with E-state index in [0.29, 0.717) is 5.56 Å². The minimum absolute atomic E-state index is 0.218. The van der Waals surface area contributed by atoms with Crippen LogP contribution in [0.1, 0.15) is 34.1 Å². The van der Waals surface area contributed by atoms with Gasteiger partial charge in [-0.1, -0.05) is 36.4 Å². The van der Waals surface area contributed by atoms with Gasteiger partial charge >= 0.3 is 5.97 Å². The Labute approximate surface area is 159 Å². The van der Waals surface area contributed by atoms with Crippen molar-refractivity contribution >= 4 is 23.2 Å². The van der Waals surface area contributed by atoms with Gasteiger partial charge in [-0.2, -0.15) is 0 Å². The van der Waals surface area contributed by atoms with E-state index in [1.807, 2.05) is 31.2 Å². The summed E-state index contributed by atoms with van der Waals surface area (Å²) in [6, 6.07) is 12.3. The standard InChI is InChI=1S/C20H17FN2O3S/c1-12-4-2-3-5-15(12)20-23-17(11-27-20)19(26)22-16(10-18(24)25)13-6-8-14(21)9-7-13/h2-9,11,16H,10H2,1H3,(H,22,26)(H,24,25)/t16-/m0/s1. The lowest BCUT2D eigenvalue weighted by molar-refractivity contribution is -0.137. The van der Waals surface area contributed by atoms with Crippen LogP contribution in [0.15, 0.2) is 53.9 Å². The van der Waals surface area contributed by atoms with Crippen LogP contribution in [0.5, 0.6) is 0 Å². The molecular formula is C20H17FN2O3S. The van der Waals surface area contributed by atoms with Crippen molar-refractivity contribution in [3.05, 3.63) is 76.5 Å². The van der Waals surface area contributed by atoms with Gasteiger partial charge in [0.05, 0.1) is 12.5 Å². The van der Waals surface area contributed by atoms with Gasteiger partial charge in [-0.3, -0.25) is 9.59 Å². The lowest BCUT2D eigenvalue weighted by Crippen LogP contribution is -2.30. The molecule has 2 aromatic carbocycles. The SMILES string of the molecule is Cc1ccccc1-c1nc(C(=O)N[C@@H](CC(=O)O)c2ccc(F)cc2)cs1. The van der Waals surface area contributed by atoms with E-state index in [4.69, 9.17) is 5.11 Å². The van der Waals surface area contributed by atoms with Crippen LogP contribution in [-0.2, 0) is 4.79 Å². The van der Waals surface area contributed by atoms with Gasteiger partial charge < -0.3 is 10.4 Å². The molecule has 0 unspecified atom stereocenters. The topological polar surface area (TPSA) is 79.3 Å². The number of aromatic nitrogens is 1. The predicted molar refractivity (Wildman–Crippen MR) is 101 cm³/mol. The Bertz CT molecular complexity index is 969. The number of nitrogens with zero attached hydrogens (tertiary/aromatic N) is 1. The lowest BCUT2D eigenvalue weighted by Gasteiger charge is -2.16. The molecule has 2 N–H and O–H groups in total. The molecule has 5 nitrogen and oxygen atoms in total. The normalized spacial score (nSPS) is 11.8. The zero-order chi connectivity index (χ0) is 19.4. The van der Waals surface area contributed by atoms with Gasteiger partial charge in [0.25, 0.3) is 5.91 Å². The summed E-state index contributed by atoms with van der Waals surface area (Å²) in [6.45, 7) is 1.97. The molecule has 7 heteroatoms. The molecule has 138 valence electrons. The summed E-state index contributed by atoms with van der Waals surface area (Å²) in [5.74, 6) is -1.97. The van der Waals surface area contributed by atoms with Crippen LogP contribution >= 0.6 is 11.3 Å². The van der Waals surface area contributed by atoms with Crippen molar-refractivity contribution < 1.29 is 19.1 Å². The van der Waals surface area contributed by atoms with E-state index in [1.54, 1.807) is 5.38 Å². The van der Waals surface area contributed by atoms with Crippen molar-refractivity contribution in [3.63, 3.8) is 0 Å². The molecular weight excluding hydrogens is 367 g/mol. The van der Waals surface area contributed by atoms with Gasteiger partial charge in [0, 0.05) is 10.9 Å². The van der Waals surface area contributed by atoms with Crippen LogP contribution in [0.4, 0.5) is 4.39 Å². The summed E-state index contributed by atoms with van der Waals surface area (Å²) in [7, 11) is 0. The Kier molecular flexibility index (Phi) is 5.61. The Morgan fingerprint density at radius 1 is 1.19 bits per heavy atom. The fourth-order valence-electron chi connectivity index (χ4n) is 2.67. The summed E-state index contributed by atoms with van der Waals surface area (Å²) in [5, 5.41) is 14.2. The molecule has 0 saturated heterocycles. The van der Waals surface area contributed by atoms with E-state index in [0.717, 1.165) is 16.1 Å². The van der Waals surface area contributed by atoms with Gasteiger partial charge in [-0.05, 0) is 30.2 Å². The first kappa shape index (κ1) is 18.7. The number of benzene rings is 2. The molecule has 1 heterocycles. The van der Waals surface area contributed by atoms with Crippen LogP contribution in [0.3, 0.4) is 0 Å². The molecule has 1 amide bonds. The molecule has 27 heavy (non-hydrogen) atoms. The maximum atomic E-state index is 13.1. The highest BCUT2D eigenvalue weighted by molar-refractivity contribution is 7.13. The molecule has 0 spiro atoms. The molecule has 0 saturated carbocycles. The van der Waals surface area contributed by atoms with Crippen molar-refractivity contribution in [2.24, 2.45) is 0 Å². The molecule has 0 aliphatic heterocycles. The van der Waals surface area contributed by atoms with Crippen molar-refractivity contribution in [1.29, 1.82) is 0 Å².